The van der Waals surface area contributed by atoms with Crippen molar-refractivity contribution >= 4 is 17.2 Å². The Hall–Kier alpha value is -2.86. The van der Waals surface area contributed by atoms with Gasteiger partial charge in [-0.25, -0.2) is 4.98 Å². The summed E-state index contributed by atoms with van der Waals surface area (Å²) >= 11 is 0. The Morgan fingerprint density at radius 3 is 2.67 bits per heavy atom. The number of aryl methyl sites for hydroxylation is 1. The Bertz CT molecular complexity index is 964. The molecule has 1 amide bonds. The van der Waals surface area contributed by atoms with Crippen LogP contribution < -0.4 is 9.64 Å². The summed E-state index contributed by atoms with van der Waals surface area (Å²) in [5.41, 5.74) is 4.01. The van der Waals surface area contributed by atoms with Gasteiger partial charge in [-0.05, 0) is 50.2 Å². The van der Waals surface area contributed by atoms with Crippen molar-refractivity contribution in [3.8, 4) is 5.75 Å². The summed E-state index contributed by atoms with van der Waals surface area (Å²) in [5, 5.41) is 0. The van der Waals surface area contributed by atoms with Gasteiger partial charge in [0.05, 0.1) is 24.5 Å². The highest BCUT2D eigenvalue weighted by molar-refractivity contribution is 5.97. The number of benzene rings is 1. The van der Waals surface area contributed by atoms with Gasteiger partial charge in [0.1, 0.15) is 11.4 Å². The summed E-state index contributed by atoms with van der Waals surface area (Å²) in [5.74, 6) is 0.916. The van der Waals surface area contributed by atoms with Gasteiger partial charge in [0.2, 0.25) is 5.91 Å². The zero-order chi connectivity index (χ0) is 19.0. The molecule has 3 aromatic rings. The minimum absolute atomic E-state index is 0.123. The quantitative estimate of drug-likeness (QED) is 0.714. The second-order valence-corrected chi connectivity index (χ2v) is 6.91. The van der Waals surface area contributed by atoms with Crippen LogP contribution in [0.4, 0.5) is 5.69 Å². The van der Waals surface area contributed by atoms with E-state index in [0.29, 0.717) is 13.1 Å². The van der Waals surface area contributed by atoms with Crippen LogP contribution in [0.5, 0.6) is 5.75 Å². The first-order chi connectivity index (χ1) is 13.1. The number of hydrogen-bond donors (Lipinski definition) is 0. The van der Waals surface area contributed by atoms with Crippen molar-refractivity contribution in [3.05, 3.63) is 60.0 Å². The Balaban J connectivity index is 1.53. The molecule has 140 valence electrons. The number of anilines is 1. The third-order valence-corrected chi connectivity index (χ3v) is 5.35. The first kappa shape index (κ1) is 17.5. The Labute approximate surface area is 159 Å². The molecule has 27 heavy (non-hydrogen) atoms. The van der Waals surface area contributed by atoms with E-state index in [9.17, 15) is 4.79 Å². The molecule has 0 bridgehead atoms. The van der Waals surface area contributed by atoms with Crippen LogP contribution >= 0.6 is 0 Å². The van der Waals surface area contributed by atoms with Gasteiger partial charge in [-0.2, -0.15) is 0 Å². The summed E-state index contributed by atoms with van der Waals surface area (Å²) in [4.78, 5) is 21.7. The Kier molecular flexibility index (Phi) is 4.58. The standard InChI is InChI=1S/C21H24N4O2/c1-15-19(25-11-5-4-6-20(25)22-15)14-23-12-13-24(21(26)16(23)2)17-7-9-18(27-3)10-8-17/h4-11,16H,12-14H2,1-3H3/t16-/m1/s1. The molecular weight excluding hydrogens is 340 g/mol. The number of carbonyl (C=O) groups excluding carboxylic acids is 1. The highest BCUT2D eigenvalue weighted by Crippen LogP contribution is 2.24. The largest absolute Gasteiger partial charge is 0.497 e. The molecule has 1 atom stereocenters. The molecule has 0 saturated carbocycles. The molecule has 0 N–H and O–H groups in total. The number of amides is 1. The van der Waals surface area contributed by atoms with E-state index in [1.54, 1.807) is 7.11 Å². The normalized spacial score (nSPS) is 18.3. The third-order valence-electron chi connectivity index (χ3n) is 5.35. The van der Waals surface area contributed by atoms with Crippen LogP contribution in [0.2, 0.25) is 0 Å². The number of rotatable bonds is 4. The van der Waals surface area contributed by atoms with Crippen molar-refractivity contribution in [2.45, 2.75) is 26.4 Å². The average molecular weight is 364 g/mol. The monoisotopic (exact) mass is 364 g/mol. The molecule has 1 aromatic carbocycles. The Morgan fingerprint density at radius 2 is 1.93 bits per heavy atom. The second-order valence-electron chi connectivity index (χ2n) is 6.91. The highest BCUT2D eigenvalue weighted by Gasteiger charge is 2.33. The van der Waals surface area contributed by atoms with E-state index in [4.69, 9.17) is 4.74 Å². The van der Waals surface area contributed by atoms with Crippen LogP contribution in [0.15, 0.2) is 48.7 Å². The predicted molar refractivity (Wildman–Crippen MR) is 105 cm³/mol. The maximum atomic E-state index is 13.0. The first-order valence-electron chi connectivity index (χ1n) is 9.20. The summed E-state index contributed by atoms with van der Waals surface area (Å²) in [6.45, 7) is 6.21. The number of pyridine rings is 1. The van der Waals surface area contributed by atoms with Crippen molar-refractivity contribution in [2.24, 2.45) is 0 Å². The van der Waals surface area contributed by atoms with Gasteiger partial charge in [-0.3, -0.25) is 9.69 Å². The SMILES string of the molecule is COc1ccc(N2CCN(Cc3c(C)nc4ccccn34)[C@H](C)C2=O)cc1. The number of hydrogen-bond acceptors (Lipinski definition) is 4. The Morgan fingerprint density at radius 1 is 1.15 bits per heavy atom. The fourth-order valence-electron chi connectivity index (χ4n) is 3.70. The smallest absolute Gasteiger partial charge is 0.244 e. The van der Waals surface area contributed by atoms with Gasteiger partial charge >= 0.3 is 0 Å². The summed E-state index contributed by atoms with van der Waals surface area (Å²) in [6.07, 6.45) is 2.03. The van der Waals surface area contributed by atoms with Gasteiger partial charge in [-0.15, -0.1) is 0 Å². The fourth-order valence-corrected chi connectivity index (χ4v) is 3.70. The lowest BCUT2D eigenvalue weighted by Gasteiger charge is -2.39. The number of piperazine rings is 1. The number of nitrogens with zero attached hydrogens (tertiary/aromatic N) is 4. The molecule has 0 spiro atoms. The van der Waals surface area contributed by atoms with Crippen LogP contribution in [0, 0.1) is 6.92 Å². The highest BCUT2D eigenvalue weighted by atomic mass is 16.5. The van der Waals surface area contributed by atoms with Crippen LogP contribution in [0.25, 0.3) is 5.65 Å². The number of fused-ring (bicyclic) bond motifs is 1. The average Bonchev–Trinajstić information content (AvgIpc) is 3.01. The van der Waals surface area contributed by atoms with Gasteiger partial charge in [0.15, 0.2) is 0 Å². The summed E-state index contributed by atoms with van der Waals surface area (Å²) < 4.78 is 7.32. The third kappa shape index (κ3) is 3.17. The lowest BCUT2D eigenvalue weighted by molar-refractivity contribution is -0.125. The number of carbonyl (C=O) groups is 1. The molecule has 2 aromatic heterocycles. The van der Waals surface area contributed by atoms with Crippen molar-refractivity contribution < 1.29 is 9.53 Å². The van der Waals surface area contributed by atoms with E-state index < -0.39 is 0 Å². The van der Waals surface area contributed by atoms with E-state index in [2.05, 4.69) is 14.3 Å². The minimum Gasteiger partial charge on any atom is -0.497 e. The molecule has 6 heteroatoms. The van der Waals surface area contributed by atoms with Crippen LogP contribution in [-0.2, 0) is 11.3 Å². The van der Waals surface area contributed by atoms with Crippen molar-refractivity contribution in [1.29, 1.82) is 0 Å². The van der Waals surface area contributed by atoms with Crippen molar-refractivity contribution in [2.75, 3.05) is 25.1 Å². The van der Waals surface area contributed by atoms with Gasteiger partial charge in [0.25, 0.3) is 0 Å². The molecule has 1 fully saturated rings. The second kappa shape index (κ2) is 7.04. The zero-order valence-electron chi connectivity index (χ0n) is 15.9. The molecule has 0 unspecified atom stereocenters. The summed E-state index contributed by atoms with van der Waals surface area (Å²) in [6, 6.07) is 13.5. The van der Waals surface area contributed by atoms with Crippen LogP contribution in [0.1, 0.15) is 18.3 Å². The van der Waals surface area contributed by atoms with E-state index in [1.165, 1.54) is 0 Å². The predicted octanol–water partition coefficient (Wildman–Crippen LogP) is 2.89. The molecular formula is C21H24N4O2. The maximum Gasteiger partial charge on any atom is 0.244 e. The lowest BCUT2D eigenvalue weighted by Crippen LogP contribution is -2.55. The molecule has 3 heterocycles. The number of aromatic nitrogens is 2. The lowest BCUT2D eigenvalue weighted by atomic mass is 10.1. The van der Waals surface area contributed by atoms with Crippen LogP contribution in [-0.4, -0.2) is 46.4 Å². The molecule has 0 aliphatic carbocycles. The molecule has 4 rings (SSSR count). The van der Waals surface area contributed by atoms with Crippen LogP contribution in [0.3, 0.4) is 0 Å². The maximum absolute atomic E-state index is 13.0. The van der Waals surface area contributed by atoms with E-state index >= 15 is 0 Å². The van der Waals surface area contributed by atoms with Gasteiger partial charge in [0, 0.05) is 31.5 Å². The van der Waals surface area contributed by atoms with E-state index in [1.807, 2.05) is 67.4 Å². The van der Waals surface area contributed by atoms with E-state index in [0.717, 1.165) is 35.0 Å². The van der Waals surface area contributed by atoms with E-state index in [-0.39, 0.29) is 11.9 Å². The number of methoxy groups -OCH3 is 1. The molecule has 0 radical (unpaired) electrons. The number of ether oxygens (including phenoxy) is 1. The topological polar surface area (TPSA) is 50.1 Å². The van der Waals surface area contributed by atoms with Crippen molar-refractivity contribution in [3.63, 3.8) is 0 Å². The summed E-state index contributed by atoms with van der Waals surface area (Å²) in [7, 11) is 1.64. The van der Waals surface area contributed by atoms with Crippen molar-refractivity contribution in [1.82, 2.24) is 14.3 Å². The minimum atomic E-state index is -0.186. The molecule has 6 nitrogen and oxygen atoms in total. The number of imidazole rings is 1. The fraction of sp³-hybridized carbons (Fsp3) is 0.333. The van der Waals surface area contributed by atoms with Gasteiger partial charge in [-0.1, -0.05) is 6.07 Å². The molecule has 1 saturated heterocycles. The first-order valence-corrected chi connectivity index (χ1v) is 9.20. The zero-order valence-corrected chi connectivity index (χ0v) is 15.9. The molecule has 1 aliphatic rings. The molecule has 1 aliphatic heterocycles. The van der Waals surface area contributed by atoms with Gasteiger partial charge < -0.3 is 14.0 Å².